The predicted octanol–water partition coefficient (Wildman–Crippen LogP) is 4.23. The van der Waals surface area contributed by atoms with Crippen LogP contribution in [-0.4, -0.2) is 28.5 Å². The summed E-state index contributed by atoms with van der Waals surface area (Å²) in [6, 6.07) is 18.6. The number of anilines is 2. The minimum absolute atomic E-state index is 0.0270. The molecular weight excluding hydrogens is 448 g/mol. The molecule has 0 saturated carbocycles. The summed E-state index contributed by atoms with van der Waals surface area (Å²) in [6.07, 6.45) is 0.435. The van der Waals surface area contributed by atoms with Crippen molar-refractivity contribution in [1.82, 2.24) is 0 Å². The Balaban J connectivity index is 1.78. The van der Waals surface area contributed by atoms with Crippen LogP contribution in [0.1, 0.15) is 29.3 Å². The van der Waals surface area contributed by atoms with E-state index in [-0.39, 0.29) is 21.1 Å². The first-order valence-corrected chi connectivity index (χ1v) is 13.1. The summed E-state index contributed by atoms with van der Waals surface area (Å²) in [6.45, 7) is 3.66. The normalized spacial score (nSPS) is 11.7. The smallest absolute Gasteiger partial charge is 0.261 e. The molecule has 0 unspecified atom stereocenters. The van der Waals surface area contributed by atoms with E-state index in [1.807, 2.05) is 6.92 Å². The SMILES string of the molecule is CCCS(=O)(=O)c1ccccc1C(=O)Nc1ccc(S(=O)(=O)Nc2ccc(C)cc2)cc1. The van der Waals surface area contributed by atoms with Gasteiger partial charge in [-0.1, -0.05) is 36.8 Å². The molecule has 0 aliphatic heterocycles. The van der Waals surface area contributed by atoms with Gasteiger partial charge in [0.2, 0.25) is 0 Å². The Kier molecular flexibility index (Phi) is 7.00. The van der Waals surface area contributed by atoms with Crippen molar-refractivity contribution in [3.05, 3.63) is 83.9 Å². The van der Waals surface area contributed by atoms with Gasteiger partial charge in [0, 0.05) is 11.4 Å². The van der Waals surface area contributed by atoms with Gasteiger partial charge in [-0.25, -0.2) is 16.8 Å². The number of hydrogen-bond donors (Lipinski definition) is 2. The van der Waals surface area contributed by atoms with Gasteiger partial charge in [0.25, 0.3) is 15.9 Å². The van der Waals surface area contributed by atoms with Crippen LogP contribution in [-0.2, 0) is 19.9 Å². The second-order valence-corrected chi connectivity index (χ2v) is 11.0. The Morgan fingerprint density at radius 3 is 2.03 bits per heavy atom. The van der Waals surface area contributed by atoms with Crippen molar-refractivity contribution in [2.45, 2.75) is 30.1 Å². The standard InChI is InChI=1S/C23H24N2O5S2/c1-3-16-31(27,28)22-7-5-4-6-21(22)23(26)24-18-12-14-20(15-13-18)32(29,30)25-19-10-8-17(2)9-11-19/h4-15,25H,3,16H2,1-2H3,(H,24,26). The number of amides is 1. The van der Waals surface area contributed by atoms with E-state index in [0.717, 1.165) is 5.56 Å². The summed E-state index contributed by atoms with van der Waals surface area (Å²) < 4.78 is 52.6. The number of carbonyl (C=O) groups is 1. The Morgan fingerprint density at radius 2 is 1.41 bits per heavy atom. The van der Waals surface area contributed by atoms with E-state index >= 15 is 0 Å². The lowest BCUT2D eigenvalue weighted by atomic mass is 10.2. The Morgan fingerprint density at radius 1 is 0.812 bits per heavy atom. The number of hydrogen-bond acceptors (Lipinski definition) is 5. The number of benzene rings is 3. The van der Waals surface area contributed by atoms with Crippen LogP contribution in [0.2, 0.25) is 0 Å². The van der Waals surface area contributed by atoms with Crippen LogP contribution < -0.4 is 10.0 Å². The van der Waals surface area contributed by atoms with Gasteiger partial charge in [0.1, 0.15) is 0 Å². The summed E-state index contributed by atoms with van der Waals surface area (Å²) >= 11 is 0. The predicted molar refractivity (Wildman–Crippen MR) is 125 cm³/mol. The van der Waals surface area contributed by atoms with Crippen molar-refractivity contribution in [2.24, 2.45) is 0 Å². The molecule has 0 heterocycles. The molecule has 0 bridgehead atoms. The van der Waals surface area contributed by atoms with Gasteiger partial charge < -0.3 is 5.32 Å². The first-order chi connectivity index (χ1) is 15.1. The van der Waals surface area contributed by atoms with Crippen molar-refractivity contribution < 1.29 is 21.6 Å². The van der Waals surface area contributed by atoms with Crippen molar-refractivity contribution in [1.29, 1.82) is 0 Å². The zero-order valence-electron chi connectivity index (χ0n) is 17.7. The number of nitrogens with one attached hydrogen (secondary N) is 2. The molecule has 0 aliphatic carbocycles. The van der Waals surface area contributed by atoms with Crippen LogP contribution in [0.15, 0.2) is 82.6 Å². The van der Waals surface area contributed by atoms with E-state index in [9.17, 15) is 21.6 Å². The summed E-state index contributed by atoms with van der Waals surface area (Å²) in [5.41, 5.74) is 1.83. The van der Waals surface area contributed by atoms with Crippen LogP contribution in [0.3, 0.4) is 0 Å². The highest BCUT2D eigenvalue weighted by Gasteiger charge is 2.22. The highest BCUT2D eigenvalue weighted by atomic mass is 32.2. The van der Waals surface area contributed by atoms with Crippen LogP contribution >= 0.6 is 0 Å². The van der Waals surface area contributed by atoms with Gasteiger partial charge in [-0.05, 0) is 61.9 Å². The average Bonchev–Trinajstić information content (AvgIpc) is 2.75. The lowest BCUT2D eigenvalue weighted by Gasteiger charge is -2.12. The molecule has 0 aliphatic rings. The first kappa shape index (κ1) is 23.5. The van der Waals surface area contributed by atoms with Gasteiger partial charge in [-0.2, -0.15) is 0 Å². The molecule has 1 amide bonds. The minimum Gasteiger partial charge on any atom is -0.322 e. The third-order valence-corrected chi connectivity index (χ3v) is 8.03. The van der Waals surface area contributed by atoms with Crippen LogP contribution in [0.4, 0.5) is 11.4 Å². The topological polar surface area (TPSA) is 109 Å². The number of sulfone groups is 1. The lowest BCUT2D eigenvalue weighted by Crippen LogP contribution is -2.18. The van der Waals surface area contributed by atoms with E-state index in [4.69, 9.17) is 0 Å². The molecule has 0 atom stereocenters. The van der Waals surface area contributed by atoms with Crippen molar-refractivity contribution in [3.63, 3.8) is 0 Å². The van der Waals surface area contributed by atoms with Gasteiger partial charge in [0.05, 0.1) is 21.1 Å². The van der Waals surface area contributed by atoms with Crippen LogP contribution in [0, 0.1) is 6.92 Å². The van der Waals surface area contributed by atoms with Crippen LogP contribution in [0.25, 0.3) is 0 Å². The summed E-state index contributed by atoms with van der Waals surface area (Å²) in [7, 11) is -7.38. The summed E-state index contributed by atoms with van der Waals surface area (Å²) in [5.74, 6) is -0.647. The Bertz CT molecular complexity index is 1320. The monoisotopic (exact) mass is 472 g/mol. The van der Waals surface area contributed by atoms with Gasteiger partial charge in [-0.3, -0.25) is 9.52 Å². The molecule has 2 N–H and O–H groups in total. The lowest BCUT2D eigenvalue weighted by molar-refractivity contribution is 0.102. The van der Waals surface area contributed by atoms with Gasteiger partial charge in [-0.15, -0.1) is 0 Å². The fourth-order valence-electron chi connectivity index (χ4n) is 3.06. The second-order valence-electron chi connectivity index (χ2n) is 7.27. The maximum absolute atomic E-state index is 12.7. The minimum atomic E-state index is -3.80. The molecule has 32 heavy (non-hydrogen) atoms. The van der Waals surface area contributed by atoms with E-state index < -0.39 is 25.8 Å². The molecule has 3 aromatic rings. The number of carbonyl (C=O) groups excluding carboxylic acids is 1. The molecule has 168 valence electrons. The van der Waals surface area contributed by atoms with E-state index in [2.05, 4.69) is 10.0 Å². The largest absolute Gasteiger partial charge is 0.322 e. The highest BCUT2D eigenvalue weighted by Crippen LogP contribution is 2.22. The molecule has 0 spiro atoms. The zero-order valence-corrected chi connectivity index (χ0v) is 19.3. The second kappa shape index (κ2) is 9.54. The highest BCUT2D eigenvalue weighted by molar-refractivity contribution is 7.92. The Hall–Kier alpha value is -3.17. The number of aryl methyl sites for hydroxylation is 1. The quantitative estimate of drug-likeness (QED) is 0.510. The van der Waals surface area contributed by atoms with Crippen molar-refractivity contribution >= 4 is 37.1 Å². The fourth-order valence-corrected chi connectivity index (χ4v) is 5.65. The first-order valence-electron chi connectivity index (χ1n) is 9.95. The molecule has 9 heteroatoms. The number of rotatable bonds is 8. The third kappa shape index (κ3) is 5.54. The molecule has 3 aromatic carbocycles. The fraction of sp³-hybridized carbons (Fsp3) is 0.174. The molecule has 3 rings (SSSR count). The molecule has 0 aromatic heterocycles. The molecule has 7 nitrogen and oxygen atoms in total. The van der Waals surface area contributed by atoms with Gasteiger partial charge >= 0.3 is 0 Å². The average molecular weight is 473 g/mol. The van der Waals surface area contributed by atoms with Crippen molar-refractivity contribution in [3.8, 4) is 0 Å². The van der Waals surface area contributed by atoms with E-state index in [1.165, 1.54) is 36.4 Å². The van der Waals surface area contributed by atoms with E-state index in [0.29, 0.717) is 17.8 Å². The molecule has 0 fully saturated rings. The molecule has 0 radical (unpaired) electrons. The maximum Gasteiger partial charge on any atom is 0.261 e. The van der Waals surface area contributed by atoms with Crippen LogP contribution in [0.5, 0.6) is 0 Å². The van der Waals surface area contributed by atoms with Gasteiger partial charge in [0.15, 0.2) is 9.84 Å². The summed E-state index contributed by atoms with van der Waals surface area (Å²) in [4.78, 5) is 12.7. The van der Waals surface area contributed by atoms with E-state index in [1.54, 1.807) is 43.3 Å². The maximum atomic E-state index is 12.7. The summed E-state index contributed by atoms with van der Waals surface area (Å²) in [5, 5.41) is 2.63. The van der Waals surface area contributed by atoms with Crippen molar-refractivity contribution in [2.75, 3.05) is 15.8 Å². The molecule has 0 saturated heterocycles. The molecular formula is C23H24N2O5S2. The number of sulfonamides is 1. The zero-order chi connectivity index (χ0) is 23.4. The Labute approximate surface area is 188 Å². The third-order valence-electron chi connectivity index (χ3n) is 4.67.